The zero-order valence-electron chi connectivity index (χ0n) is 22.0. The third kappa shape index (κ3) is 4.90. The number of aliphatic hydroxyl groups is 1. The number of rotatable bonds is 12. The van der Waals surface area contributed by atoms with Crippen LogP contribution in [0.1, 0.15) is 59.8 Å². The molecule has 0 aromatic carbocycles. The summed E-state index contributed by atoms with van der Waals surface area (Å²) in [6.07, 6.45) is 6.21. The summed E-state index contributed by atoms with van der Waals surface area (Å²) >= 11 is 3.67. The Hall–Kier alpha value is -1.71. The molecule has 3 unspecified atom stereocenters. The van der Waals surface area contributed by atoms with E-state index in [0.717, 1.165) is 12.8 Å². The highest BCUT2D eigenvalue weighted by Gasteiger charge is 2.77. The maximum absolute atomic E-state index is 14.2. The second-order valence-electron chi connectivity index (χ2n) is 11.0. The van der Waals surface area contributed by atoms with Crippen molar-refractivity contribution in [1.29, 1.82) is 0 Å². The number of unbranched alkanes of at least 4 members (excludes halogenated alkanes) is 2. The highest BCUT2D eigenvalue weighted by molar-refractivity contribution is 9.09. The number of allylic oxidation sites excluding steroid dienone is 1. The van der Waals surface area contributed by atoms with Gasteiger partial charge in [-0.05, 0) is 52.9 Å². The molecule has 2 bridgehead atoms. The number of hydrogen-bond acceptors (Lipinski definition) is 6. The van der Waals surface area contributed by atoms with E-state index >= 15 is 0 Å². The van der Waals surface area contributed by atoms with Crippen LogP contribution in [0, 0.1) is 11.8 Å². The second kappa shape index (κ2) is 11.4. The lowest BCUT2D eigenvalue weighted by Crippen LogP contribution is -2.61. The van der Waals surface area contributed by atoms with Gasteiger partial charge in [0.1, 0.15) is 11.6 Å². The quantitative estimate of drug-likeness (QED) is 0.168. The lowest BCUT2D eigenvalue weighted by Gasteiger charge is -2.43. The van der Waals surface area contributed by atoms with Crippen LogP contribution in [-0.4, -0.2) is 86.6 Å². The fourth-order valence-electron chi connectivity index (χ4n) is 6.05. The lowest BCUT2D eigenvalue weighted by atomic mass is 9.70. The summed E-state index contributed by atoms with van der Waals surface area (Å²) in [6, 6.07) is -1.52. The molecule has 9 heteroatoms. The molecule has 0 aliphatic carbocycles. The van der Waals surface area contributed by atoms with Crippen LogP contribution in [0.5, 0.6) is 0 Å². The van der Waals surface area contributed by atoms with Crippen molar-refractivity contribution in [1.82, 2.24) is 9.80 Å². The van der Waals surface area contributed by atoms with E-state index in [0.29, 0.717) is 25.8 Å². The molecule has 0 radical (unpaired) electrons. The van der Waals surface area contributed by atoms with Crippen molar-refractivity contribution in [2.24, 2.45) is 11.8 Å². The molecule has 0 aromatic rings. The molecular formula is C27H41BrN2O6. The average molecular weight is 570 g/mol. The van der Waals surface area contributed by atoms with Gasteiger partial charge in [-0.2, -0.15) is 0 Å². The molecule has 202 valence electrons. The third-order valence-corrected chi connectivity index (χ3v) is 8.59. The summed E-state index contributed by atoms with van der Waals surface area (Å²) in [5, 5.41) is 10.2. The third-order valence-electron chi connectivity index (χ3n) is 7.74. The number of alkyl halides is 1. The molecule has 3 saturated heterocycles. The number of halogens is 1. The summed E-state index contributed by atoms with van der Waals surface area (Å²) in [4.78, 5) is 44.6. The van der Waals surface area contributed by atoms with Crippen LogP contribution >= 0.6 is 15.9 Å². The van der Waals surface area contributed by atoms with E-state index in [-0.39, 0.29) is 29.9 Å². The molecule has 1 N–H and O–H groups in total. The van der Waals surface area contributed by atoms with Gasteiger partial charge >= 0.3 is 5.97 Å². The first-order valence-corrected chi connectivity index (χ1v) is 13.9. The van der Waals surface area contributed by atoms with Gasteiger partial charge in [0.05, 0.1) is 37.2 Å². The Balaban J connectivity index is 2.01. The minimum absolute atomic E-state index is 0.202. The predicted octanol–water partition coefficient (Wildman–Crippen LogP) is 3.22. The zero-order valence-corrected chi connectivity index (χ0v) is 23.5. The van der Waals surface area contributed by atoms with Crippen molar-refractivity contribution in [3.05, 3.63) is 25.3 Å². The number of ether oxygens (including phenoxy) is 2. The fourth-order valence-corrected chi connectivity index (χ4v) is 7.00. The molecule has 36 heavy (non-hydrogen) atoms. The minimum atomic E-state index is -1.17. The second-order valence-corrected chi connectivity index (χ2v) is 12.2. The van der Waals surface area contributed by atoms with E-state index in [9.17, 15) is 19.5 Å². The molecule has 3 aliphatic heterocycles. The number of amides is 2. The topological polar surface area (TPSA) is 96.4 Å². The standard InChI is InChI=1S/C27H41BrN2O6/c1-7-10-11-12-14-35-25(34)19-20-23(32)30(17(9-3)16-31)22(27(20)15-18(28)21(19)36-27)24(33)29(13-8-2)26(4,5)6/h7-8,17-22,31H,1-2,9-16H2,3-6H3/t17-,18?,19-,20-,21-,22?,27?/m0/s1. The summed E-state index contributed by atoms with van der Waals surface area (Å²) in [7, 11) is 0. The van der Waals surface area contributed by atoms with Gasteiger partial charge in [-0.25, -0.2) is 0 Å². The van der Waals surface area contributed by atoms with Crippen molar-refractivity contribution in [3.8, 4) is 0 Å². The Morgan fingerprint density at radius 3 is 2.58 bits per heavy atom. The normalized spacial score (nSPS) is 31.8. The Labute approximate surface area is 223 Å². The number of carbonyl (C=O) groups is 3. The van der Waals surface area contributed by atoms with E-state index in [1.54, 1.807) is 11.0 Å². The van der Waals surface area contributed by atoms with Gasteiger partial charge in [-0.3, -0.25) is 14.4 Å². The van der Waals surface area contributed by atoms with E-state index < -0.39 is 47.1 Å². The van der Waals surface area contributed by atoms with Crippen molar-refractivity contribution < 1.29 is 29.0 Å². The van der Waals surface area contributed by atoms with Crippen LogP contribution in [0.4, 0.5) is 0 Å². The molecule has 0 aromatic heterocycles. The molecule has 3 aliphatic rings. The summed E-state index contributed by atoms with van der Waals surface area (Å²) in [6.45, 7) is 15.5. The smallest absolute Gasteiger partial charge is 0.312 e. The molecule has 3 rings (SSSR count). The first-order valence-electron chi connectivity index (χ1n) is 12.9. The van der Waals surface area contributed by atoms with Crippen LogP contribution in [0.2, 0.25) is 0 Å². The van der Waals surface area contributed by atoms with Gasteiger partial charge in [0.2, 0.25) is 11.8 Å². The van der Waals surface area contributed by atoms with E-state index in [1.807, 2.05) is 33.8 Å². The van der Waals surface area contributed by atoms with Crippen LogP contribution in [0.15, 0.2) is 25.3 Å². The van der Waals surface area contributed by atoms with Crippen molar-refractivity contribution in [2.45, 2.75) is 94.0 Å². The number of hydrogen-bond donors (Lipinski definition) is 1. The molecule has 7 atom stereocenters. The van der Waals surface area contributed by atoms with Crippen LogP contribution in [0.3, 0.4) is 0 Å². The van der Waals surface area contributed by atoms with Crippen LogP contribution < -0.4 is 0 Å². The first kappa shape index (κ1) is 28.9. The molecular weight excluding hydrogens is 528 g/mol. The predicted molar refractivity (Wildman–Crippen MR) is 140 cm³/mol. The molecule has 3 fully saturated rings. The maximum Gasteiger partial charge on any atom is 0.312 e. The first-order chi connectivity index (χ1) is 17.0. The fraction of sp³-hybridized carbons (Fsp3) is 0.741. The van der Waals surface area contributed by atoms with Gasteiger partial charge in [-0.1, -0.05) is 35.0 Å². The minimum Gasteiger partial charge on any atom is -0.465 e. The number of aliphatic hydroxyl groups excluding tert-OH is 1. The van der Waals surface area contributed by atoms with Gasteiger partial charge in [-0.15, -0.1) is 13.2 Å². The Morgan fingerprint density at radius 2 is 2.03 bits per heavy atom. The number of likely N-dealkylation sites (tertiary alicyclic amines) is 1. The van der Waals surface area contributed by atoms with Crippen LogP contribution in [0.25, 0.3) is 0 Å². The molecule has 2 amide bonds. The van der Waals surface area contributed by atoms with Crippen molar-refractivity contribution in [3.63, 3.8) is 0 Å². The van der Waals surface area contributed by atoms with Gasteiger partial charge in [0.25, 0.3) is 0 Å². The SMILES string of the molecule is C=CCCCCOC(=O)[C@H]1[C@H]2C(=O)N([C@@H](CC)CO)C(C(=O)N(CC=C)C(C)(C)C)C23CC(Br)[C@@H]1O3. The van der Waals surface area contributed by atoms with Gasteiger partial charge in [0.15, 0.2) is 0 Å². The highest BCUT2D eigenvalue weighted by Crippen LogP contribution is 2.61. The van der Waals surface area contributed by atoms with E-state index in [2.05, 4.69) is 29.1 Å². The number of nitrogens with zero attached hydrogens (tertiary/aromatic N) is 2. The molecule has 8 nitrogen and oxygen atoms in total. The zero-order chi connectivity index (χ0) is 26.8. The average Bonchev–Trinajstić information content (AvgIpc) is 3.41. The summed E-state index contributed by atoms with van der Waals surface area (Å²) < 4.78 is 12.1. The Kier molecular flexibility index (Phi) is 9.10. The molecule has 1 spiro atoms. The molecule has 0 saturated carbocycles. The van der Waals surface area contributed by atoms with Gasteiger partial charge < -0.3 is 24.4 Å². The number of esters is 1. The number of fused-ring (bicyclic) bond motifs is 1. The Morgan fingerprint density at radius 1 is 1.33 bits per heavy atom. The van der Waals surface area contributed by atoms with E-state index in [1.165, 1.54) is 4.90 Å². The Bertz CT molecular complexity index is 869. The van der Waals surface area contributed by atoms with Gasteiger partial charge in [0, 0.05) is 16.9 Å². The summed E-state index contributed by atoms with van der Waals surface area (Å²) in [5.74, 6) is -2.70. The lowest BCUT2D eigenvalue weighted by molar-refractivity contribution is -0.157. The highest BCUT2D eigenvalue weighted by atomic mass is 79.9. The van der Waals surface area contributed by atoms with Crippen molar-refractivity contribution >= 4 is 33.7 Å². The molecule has 3 heterocycles. The van der Waals surface area contributed by atoms with E-state index in [4.69, 9.17) is 9.47 Å². The van der Waals surface area contributed by atoms with Crippen LogP contribution in [-0.2, 0) is 23.9 Å². The van der Waals surface area contributed by atoms with Crippen molar-refractivity contribution in [2.75, 3.05) is 19.8 Å². The largest absolute Gasteiger partial charge is 0.465 e. The number of carbonyl (C=O) groups excluding carboxylic acids is 3. The maximum atomic E-state index is 14.2. The summed E-state index contributed by atoms with van der Waals surface area (Å²) in [5.41, 5.74) is -1.71. The monoisotopic (exact) mass is 568 g/mol.